The lowest BCUT2D eigenvalue weighted by atomic mass is 10.1. The minimum absolute atomic E-state index is 0.939. The van der Waals surface area contributed by atoms with Crippen molar-refractivity contribution in [2.45, 2.75) is 6.92 Å². The molecule has 0 saturated heterocycles. The third-order valence-corrected chi connectivity index (χ3v) is 1.77. The molecular formula is C11H9O. The second-order valence-electron chi connectivity index (χ2n) is 2.74. The number of hydrogen-bond donors (Lipinski definition) is 0. The summed E-state index contributed by atoms with van der Waals surface area (Å²) in [5.41, 5.74) is 2.26. The second kappa shape index (κ2) is 2.86. The maximum absolute atomic E-state index is 5.21. The highest BCUT2D eigenvalue weighted by Crippen LogP contribution is 2.20. The van der Waals surface area contributed by atoms with Crippen molar-refractivity contribution in [2.24, 2.45) is 0 Å². The van der Waals surface area contributed by atoms with Crippen molar-refractivity contribution < 1.29 is 4.42 Å². The molecule has 0 aliphatic rings. The van der Waals surface area contributed by atoms with Crippen LogP contribution in [0.2, 0.25) is 0 Å². The molecule has 0 unspecified atom stereocenters. The van der Waals surface area contributed by atoms with Gasteiger partial charge in [-0.1, -0.05) is 18.2 Å². The van der Waals surface area contributed by atoms with Gasteiger partial charge in [0.15, 0.2) is 0 Å². The summed E-state index contributed by atoms with van der Waals surface area (Å²) in [6.45, 7) is 1.94. The highest BCUT2D eigenvalue weighted by Gasteiger charge is 1.98. The quantitative estimate of drug-likeness (QED) is 0.620. The Bertz CT molecular complexity index is 360. The lowest BCUT2D eigenvalue weighted by Gasteiger charge is -1.92. The van der Waals surface area contributed by atoms with Crippen molar-refractivity contribution in [1.82, 2.24) is 0 Å². The first-order chi connectivity index (χ1) is 5.86. The number of furan rings is 1. The van der Waals surface area contributed by atoms with Crippen molar-refractivity contribution in [3.63, 3.8) is 0 Å². The van der Waals surface area contributed by atoms with Crippen LogP contribution in [0.25, 0.3) is 11.1 Å². The molecule has 1 radical (unpaired) electrons. The highest BCUT2D eigenvalue weighted by atomic mass is 16.3. The Morgan fingerprint density at radius 3 is 2.83 bits per heavy atom. The van der Waals surface area contributed by atoms with Crippen LogP contribution in [-0.4, -0.2) is 0 Å². The molecule has 0 saturated carbocycles. The molecule has 1 nitrogen and oxygen atoms in total. The van der Waals surface area contributed by atoms with Crippen LogP contribution in [0.5, 0.6) is 0 Å². The molecule has 1 aromatic heterocycles. The largest absolute Gasteiger partial charge is 0.469 e. The first kappa shape index (κ1) is 7.17. The number of hydrogen-bond acceptors (Lipinski definition) is 1. The van der Waals surface area contributed by atoms with Gasteiger partial charge in [-0.15, -0.1) is 0 Å². The Balaban J connectivity index is 2.45. The maximum Gasteiger partial charge on any atom is 0.101 e. The van der Waals surface area contributed by atoms with Crippen molar-refractivity contribution in [3.05, 3.63) is 48.4 Å². The monoisotopic (exact) mass is 157 g/mol. The zero-order valence-electron chi connectivity index (χ0n) is 6.87. The molecule has 1 heteroatoms. The van der Waals surface area contributed by atoms with E-state index < -0.39 is 0 Å². The average Bonchev–Trinajstić information content (AvgIpc) is 2.54. The van der Waals surface area contributed by atoms with E-state index in [1.807, 2.05) is 37.3 Å². The third kappa shape index (κ3) is 1.26. The van der Waals surface area contributed by atoms with E-state index in [0.29, 0.717) is 0 Å². The zero-order chi connectivity index (χ0) is 8.39. The van der Waals surface area contributed by atoms with Crippen LogP contribution in [0.1, 0.15) is 5.76 Å². The van der Waals surface area contributed by atoms with E-state index in [4.69, 9.17) is 4.42 Å². The predicted molar refractivity (Wildman–Crippen MR) is 47.7 cm³/mol. The molecular weight excluding hydrogens is 148 g/mol. The van der Waals surface area contributed by atoms with Gasteiger partial charge in [-0.25, -0.2) is 0 Å². The molecule has 2 rings (SSSR count). The van der Waals surface area contributed by atoms with Gasteiger partial charge < -0.3 is 4.42 Å². The average molecular weight is 157 g/mol. The summed E-state index contributed by atoms with van der Waals surface area (Å²) < 4.78 is 5.21. The first-order valence-corrected chi connectivity index (χ1v) is 3.88. The van der Waals surface area contributed by atoms with E-state index in [-0.39, 0.29) is 0 Å². The zero-order valence-corrected chi connectivity index (χ0v) is 6.87. The summed E-state index contributed by atoms with van der Waals surface area (Å²) in [4.78, 5) is 0. The summed E-state index contributed by atoms with van der Waals surface area (Å²) in [5, 5.41) is 0. The Labute approximate surface area is 71.6 Å². The first-order valence-electron chi connectivity index (χ1n) is 3.88. The Morgan fingerprint density at radius 1 is 1.33 bits per heavy atom. The van der Waals surface area contributed by atoms with Gasteiger partial charge in [-0.2, -0.15) is 0 Å². The summed E-state index contributed by atoms with van der Waals surface area (Å²) >= 11 is 0. The topological polar surface area (TPSA) is 13.1 Å². The Kier molecular flexibility index (Phi) is 1.71. The molecule has 59 valence electrons. The van der Waals surface area contributed by atoms with Gasteiger partial charge in [0.2, 0.25) is 0 Å². The Hall–Kier alpha value is -1.50. The minimum atomic E-state index is 0.939. The SMILES string of the molecule is Cc1cc(-c2c[c]ccc2)co1. The van der Waals surface area contributed by atoms with Gasteiger partial charge in [-0.05, 0) is 30.7 Å². The van der Waals surface area contributed by atoms with E-state index in [1.54, 1.807) is 6.26 Å². The standard InChI is InChI=1S/C11H9O/c1-9-7-11(8-12-9)10-5-3-2-4-6-10/h2-3,5-8H,1H3. The Morgan fingerprint density at radius 2 is 2.25 bits per heavy atom. The molecule has 2 aromatic rings. The van der Waals surface area contributed by atoms with Crippen molar-refractivity contribution in [2.75, 3.05) is 0 Å². The van der Waals surface area contributed by atoms with Gasteiger partial charge in [-0.3, -0.25) is 0 Å². The van der Waals surface area contributed by atoms with Crippen LogP contribution < -0.4 is 0 Å². The van der Waals surface area contributed by atoms with Crippen LogP contribution in [0, 0.1) is 13.0 Å². The van der Waals surface area contributed by atoms with Crippen LogP contribution in [0.4, 0.5) is 0 Å². The number of rotatable bonds is 1. The molecule has 0 atom stereocenters. The van der Waals surface area contributed by atoms with E-state index in [9.17, 15) is 0 Å². The molecule has 0 aliphatic heterocycles. The predicted octanol–water partition coefficient (Wildman–Crippen LogP) is 3.06. The molecule has 1 aromatic carbocycles. The maximum atomic E-state index is 5.21. The fourth-order valence-corrected chi connectivity index (χ4v) is 1.17. The van der Waals surface area contributed by atoms with Gasteiger partial charge >= 0.3 is 0 Å². The molecule has 0 fully saturated rings. The highest BCUT2D eigenvalue weighted by molar-refractivity contribution is 5.62. The van der Waals surface area contributed by atoms with Gasteiger partial charge in [0.1, 0.15) is 5.76 Å². The van der Waals surface area contributed by atoms with Crippen molar-refractivity contribution >= 4 is 0 Å². The van der Waals surface area contributed by atoms with Gasteiger partial charge in [0, 0.05) is 5.56 Å². The van der Waals surface area contributed by atoms with Crippen LogP contribution in [-0.2, 0) is 0 Å². The summed E-state index contributed by atoms with van der Waals surface area (Å²) in [6, 6.07) is 12.9. The molecule has 0 amide bonds. The summed E-state index contributed by atoms with van der Waals surface area (Å²) in [7, 11) is 0. The van der Waals surface area contributed by atoms with E-state index in [0.717, 1.165) is 16.9 Å². The number of aryl methyl sites for hydroxylation is 1. The van der Waals surface area contributed by atoms with Crippen molar-refractivity contribution in [3.8, 4) is 11.1 Å². The van der Waals surface area contributed by atoms with Crippen LogP contribution in [0.15, 0.2) is 41.0 Å². The second-order valence-corrected chi connectivity index (χ2v) is 2.74. The van der Waals surface area contributed by atoms with Crippen molar-refractivity contribution in [1.29, 1.82) is 0 Å². The van der Waals surface area contributed by atoms with E-state index in [1.165, 1.54) is 0 Å². The normalized spacial score (nSPS) is 10.1. The van der Waals surface area contributed by atoms with Gasteiger partial charge in [0.05, 0.1) is 6.26 Å². The lowest BCUT2D eigenvalue weighted by molar-refractivity contribution is 0.535. The molecule has 12 heavy (non-hydrogen) atoms. The minimum Gasteiger partial charge on any atom is -0.469 e. The summed E-state index contributed by atoms with van der Waals surface area (Å²) in [5.74, 6) is 0.939. The smallest absolute Gasteiger partial charge is 0.101 e. The van der Waals surface area contributed by atoms with Gasteiger partial charge in [0.25, 0.3) is 0 Å². The van der Waals surface area contributed by atoms with Crippen LogP contribution >= 0.6 is 0 Å². The fraction of sp³-hybridized carbons (Fsp3) is 0.0909. The summed E-state index contributed by atoms with van der Waals surface area (Å²) in [6.07, 6.45) is 1.76. The van der Waals surface area contributed by atoms with Crippen LogP contribution in [0.3, 0.4) is 0 Å². The number of benzene rings is 1. The fourth-order valence-electron chi connectivity index (χ4n) is 1.17. The molecule has 0 spiro atoms. The molecule has 0 aliphatic carbocycles. The lowest BCUT2D eigenvalue weighted by Crippen LogP contribution is -1.70. The third-order valence-electron chi connectivity index (χ3n) is 1.77. The molecule has 0 N–H and O–H groups in total. The van der Waals surface area contributed by atoms with E-state index >= 15 is 0 Å². The molecule has 0 bridgehead atoms. The van der Waals surface area contributed by atoms with E-state index in [2.05, 4.69) is 6.07 Å². The molecule has 1 heterocycles.